The molecule has 1 aliphatic rings. The summed E-state index contributed by atoms with van der Waals surface area (Å²) >= 11 is 0. The molecule has 0 saturated carbocycles. The first-order valence-electron chi connectivity index (χ1n) is 6.11. The maximum atomic E-state index is 11.3. The van der Waals surface area contributed by atoms with Crippen molar-refractivity contribution in [3.63, 3.8) is 0 Å². The second-order valence-electron chi connectivity index (χ2n) is 4.78. The number of carbonyl (C=O) groups is 1. The van der Waals surface area contributed by atoms with Crippen molar-refractivity contribution < 1.29 is 23.2 Å². The molecule has 2 rings (SSSR count). The van der Waals surface area contributed by atoms with Crippen molar-refractivity contribution in [2.75, 3.05) is 23.4 Å². The van der Waals surface area contributed by atoms with Crippen LogP contribution in [0.3, 0.4) is 0 Å². The van der Waals surface area contributed by atoms with Crippen LogP contribution < -0.4 is 5.32 Å². The zero-order chi connectivity index (χ0) is 15.6. The highest BCUT2D eigenvalue weighted by Crippen LogP contribution is 2.24. The number of aromatic nitrogens is 1. The van der Waals surface area contributed by atoms with Crippen molar-refractivity contribution in [1.82, 2.24) is 4.98 Å². The Labute approximate surface area is 120 Å². The molecule has 1 atom stereocenters. The van der Waals surface area contributed by atoms with E-state index >= 15 is 0 Å². The monoisotopic (exact) mass is 315 g/mol. The smallest absolute Gasteiger partial charge is 0.354 e. The van der Waals surface area contributed by atoms with Crippen LogP contribution in [0.1, 0.15) is 16.9 Å². The summed E-state index contributed by atoms with van der Waals surface area (Å²) in [5.41, 5.74) is -0.664. The van der Waals surface area contributed by atoms with Gasteiger partial charge in [0.25, 0.3) is 0 Å². The first-order chi connectivity index (χ1) is 9.78. The number of nitrogens with zero attached hydrogens (tertiary/aromatic N) is 2. The summed E-state index contributed by atoms with van der Waals surface area (Å²) in [6, 6.07) is 2.11. The normalized spacial score (nSPS) is 20.1. The Bertz CT molecular complexity index is 687. The van der Waals surface area contributed by atoms with E-state index in [4.69, 9.17) is 5.11 Å². The molecule has 10 heteroatoms. The minimum atomic E-state index is -3.04. The molecule has 1 saturated heterocycles. The number of carboxylic acids is 1. The minimum absolute atomic E-state index is 0.0203. The second kappa shape index (κ2) is 5.64. The standard InChI is InChI=1S/C11H13N3O6S/c15-11(16)8-1-2-9(14(17)18)10(13-8)12-5-7-3-4-21(19,20)6-7/h1-2,7H,3-6H2,(H,12,13)(H,15,16). The SMILES string of the molecule is O=C(O)c1ccc([N+](=O)[O-])c(NCC2CCS(=O)(=O)C2)n1. The lowest BCUT2D eigenvalue weighted by atomic mass is 10.1. The van der Waals surface area contributed by atoms with Gasteiger partial charge in [0.2, 0.25) is 5.82 Å². The largest absolute Gasteiger partial charge is 0.477 e. The van der Waals surface area contributed by atoms with Crippen LogP contribution in [0.25, 0.3) is 0 Å². The van der Waals surface area contributed by atoms with Gasteiger partial charge in [-0.05, 0) is 18.4 Å². The van der Waals surface area contributed by atoms with E-state index in [9.17, 15) is 23.3 Å². The number of nitro groups is 1. The number of aromatic carboxylic acids is 1. The molecule has 1 unspecified atom stereocenters. The van der Waals surface area contributed by atoms with Crippen LogP contribution in [0.15, 0.2) is 12.1 Å². The average molecular weight is 315 g/mol. The number of anilines is 1. The summed E-state index contributed by atoms with van der Waals surface area (Å²) in [6.45, 7) is 0.191. The predicted molar refractivity (Wildman–Crippen MR) is 73.1 cm³/mol. The van der Waals surface area contributed by atoms with Crippen LogP contribution >= 0.6 is 0 Å². The topological polar surface area (TPSA) is 140 Å². The van der Waals surface area contributed by atoms with Crippen LogP contribution in [0.2, 0.25) is 0 Å². The predicted octanol–water partition coefficient (Wildman–Crippen LogP) is 0.535. The van der Waals surface area contributed by atoms with E-state index in [2.05, 4.69) is 10.3 Å². The van der Waals surface area contributed by atoms with Gasteiger partial charge in [-0.3, -0.25) is 10.1 Å². The van der Waals surface area contributed by atoms with Crippen molar-refractivity contribution in [3.05, 3.63) is 27.9 Å². The Kier molecular flexibility index (Phi) is 4.07. The van der Waals surface area contributed by atoms with E-state index in [1.54, 1.807) is 0 Å². The molecule has 0 radical (unpaired) electrons. The zero-order valence-electron chi connectivity index (χ0n) is 10.9. The van der Waals surface area contributed by atoms with E-state index < -0.39 is 20.7 Å². The highest BCUT2D eigenvalue weighted by molar-refractivity contribution is 7.91. The molecular weight excluding hydrogens is 302 g/mol. The molecule has 0 aromatic carbocycles. The van der Waals surface area contributed by atoms with E-state index in [1.165, 1.54) is 0 Å². The van der Waals surface area contributed by atoms with Gasteiger partial charge < -0.3 is 10.4 Å². The van der Waals surface area contributed by atoms with Gasteiger partial charge in [0.1, 0.15) is 0 Å². The van der Waals surface area contributed by atoms with Crippen LogP contribution in [0.4, 0.5) is 11.5 Å². The van der Waals surface area contributed by atoms with Gasteiger partial charge >= 0.3 is 11.7 Å². The number of nitrogens with one attached hydrogen (secondary N) is 1. The van der Waals surface area contributed by atoms with Crippen LogP contribution in [-0.2, 0) is 9.84 Å². The quantitative estimate of drug-likeness (QED) is 0.592. The molecule has 1 aliphatic heterocycles. The number of hydrogen-bond acceptors (Lipinski definition) is 7. The van der Waals surface area contributed by atoms with Crippen molar-refractivity contribution >= 4 is 27.3 Å². The first-order valence-corrected chi connectivity index (χ1v) is 7.93. The average Bonchev–Trinajstić information content (AvgIpc) is 2.75. The van der Waals surface area contributed by atoms with Gasteiger partial charge in [-0.15, -0.1) is 0 Å². The summed E-state index contributed by atoms with van der Waals surface area (Å²) in [7, 11) is -3.04. The van der Waals surface area contributed by atoms with E-state index in [0.717, 1.165) is 12.1 Å². The lowest BCUT2D eigenvalue weighted by Crippen LogP contribution is -2.17. The Morgan fingerprint density at radius 1 is 1.52 bits per heavy atom. The molecule has 2 N–H and O–H groups in total. The molecule has 1 aromatic rings. The molecule has 0 amide bonds. The van der Waals surface area contributed by atoms with Crippen molar-refractivity contribution in [2.45, 2.75) is 6.42 Å². The maximum absolute atomic E-state index is 11.3. The maximum Gasteiger partial charge on any atom is 0.354 e. The van der Waals surface area contributed by atoms with E-state index in [0.29, 0.717) is 6.42 Å². The molecule has 2 heterocycles. The summed E-state index contributed by atoms with van der Waals surface area (Å²) in [5.74, 6) is -1.50. The molecule has 21 heavy (non-hydrogen) atoms. The zero-order valence-corrected chi connectivity index (χ0v) is 11.7. The van der Waals surface area contributed by atoms with Gasteiger partial charge in [-0.1, -0.05) is 0 Å². The molecule has 0 aliphatic carbocycles. The fourth-order valence-corrected chi connectivity index (χ4v) is 3.98. The van der Waals surface area contributed by atoms with Crippen molar-refractivity contribution in [1.29, 1.82) is 0 Å². The highest BCUT2D eigenvalue weighted by Gasteiger charge is 2.28. The van der Waals surface area contributed by atoms with Crippen LogP contribution in [-0.4, -0.2) is 47.5 Å². The van der Waals surface area contributed by atoms with Crippen molar-refractivity contribution in [3.8, 4) is 0 Å². The Morgan fingerprint density at radius 2 is 2.24 bits per heavy atom. The Hall–Kier alpha value is -2.23. The third-order valence-corrected chi connectivity index (χ3v) is 5.01. The van der Waals surface area contributed by atoms with Gasteiger partial charge in [-0.25, -0.2) is 18.2 Å². The first kappa shape index (κ1) is 15.2. The fourth-order valence-electron chi connectivity index (χ4n) is 2.12. The number of hydrogen-bond donors (Lipinski definition) is 2. The van der Waals surface area contributed by atoms with Crippen LogP contribution in [0, 0.1) is 16.0 Å². The summed E-state index contributed by atoms with van der Waals surface area (Å²) < 4.78 is 22.7. The number of pyridine rings is 1. The molecule has 1 aromatic heterocycles. The van der Waals surface area contributed by atoms with Gasteiger partial charge in [0.05, 0.1) is 16.4 Å². The summed E-state index contributed by atoms with van der Waals surface area (Å²) in [4.78, 5) is 24.7. The lowest BCUT2D eigenvalue weighted by molar-refractivity contribution is -0.384. The van der Waals surface area contributed by atoms with Crippen molar-refractivity contribution in [2.24, 2.45) is 5.92 Å². The molecule has 114 valence electrons. The van der Waals surface area contributed by atoms with Gasteiger partial charge in [0.15, 0.2) is 15.5 Å². The summed E-state index contributed by atoms with van der Waals surface area (Å²) in [6.07, 6.45) is 0.474. The molecular formula is C11H13N3O6S. The molecule has 1 fully saturated rings. The highest BCUT2D eigenvalue weighted by atomic mass is 32.2. The van der Waals surface area contributed by atoms with Crippen LogP contribution in [0.5, 0.6) is 0 Å². The lowest BCUT2D eigenvalue weighted by Gasteiger charge is -2.10. The minimum Gasteiger partial charge on any atom is -0.477 e. The second-order valence-corrected chi connectivity index (χ2v) is 7.01. The molecule has 0 spiro atoms. The van der Waals surface area contributed by atoms with E-state index in [-0.39, 0.29) is 41.2 Å². The fraction of sp³-hybridized carbons (Fsp3) is 0.455. The molecule has 9 nitrogen and oxygen atoms in total. The van der Waals surface area contributed by atoms with Gasteiger partial charge in [-0.2, -0.15) is 0 Å². The third-order valence-electron chi connectivity index (χ3n) is 3.17. The Balaban J connectivity index is 2.16. The Morgan fingerprint density at radius 3 is 2.76 bits per heavy atom. The van der Waals surface area contributed by atoms with Gasteiger partial charge in [0, 0.05) is 12.6 Å². The summed E-state index contributed by atoms with van der Waals surface area (Å²) in [5, 5.41) is 22.4. The number of carboxylic acid groups (broad SMARTS) is 1. The van der Waals surface area contributed by atoms with E-state index in [1.807, 2.05) is 0 Å². The molecule has 0 bridgehead atoms. The number of rotatable bonds is 5. The third kappa shape index (κ3) is 3.66. The number of sulfone groups is 1.